The first-order valence-electron chi connectivity index (χ1n) is 13.2. The van der Waals surface area contributed by atoms with Gasteiger partial charge in [0.05, 0.1) is 31.5 Å². The Kier molecular flexibility index (Phi) is 9.00. The van der Waals surface area contributed by atoms with Crippen molar-refractivity contribution in [2.24, 2.45) is 16.8 Å². The molecule has 3 aliphatic heterocycles. The molecule has 0 radical (unpaired) electrons. The molecular weight excluding hydrogens is 575 g/mol. The monoisotopic (exact) mass is 605 g/mol. The lowest BCUT2D eigenvalue weighted by Crippen LogP contribution is -2.61. The van der Waals surface area contributed by atoms with Crippen LogP contribution in [-0.4, -0.2) is 81.8 Å². The van der Waals surface area contributed by atoms with Gasteiger partial charge in [-0.1, -0.05) is 71.9 Å². The molecule has 5 rings (SSSR count). The molecule has 2 aromatic rings. The number of fused-ring (bicyclic) bond motifs is 3. The van der Waals surface area contributed by atoms with Crippen LogP contribution in [0, 0.1) is 18.8 Å². The fourth-order valence-electron chi connectivity index (χ4n) is 5.84. The molecule has 0 aromatic heterocycles. The minimum Gasteiger partial charge on any atom is -0.475 e. The van der Waals surface area contributed by atoms with Gasteiger partial charge >= 0.3 is 18.1 Å². The molecule has 0 saturated carbocycles. The van der Waals surface area contributed by atoms with Gasteiger partial charge in [-0.3, -0.25) is 19.5 Å². The van der Waals surface area contributed by atoms with Gasteiger partial charge in [-0.25, -0.2) is 9.59 Å². The van der Waals surface area contributed by atoms with Crippen LogP contribution in [0.15, 0.2) is 59.6 Å². The number of benzene rings is 2. The van der Waals surface area contributed by atoms with Crippen molar-refractivity contribution in [2.45, 2.75) is 43.8 Å². The number of alkyl halides is 3. The number of carbonyl (C=O) groups excluding carboxylic acids is 3. The Balaban J connectivity index is 0.000000517. The van der Waals surface area contributed by atoms with Crippen LogP contribution in [0.2, 0.25) is 0 Å². The standard InChI is InChI=1S/C27H29N3O4S.C2HF3O2/c1-4-29-23(31)21-20-15-28-26(35-16-19-12-10-17(2)11-13-19)30(20)27(25(33)34-3,22(21)24(29)32)14-18-8-6-5-7-9-18;3-2(4,5)1(6)7/h5-13,20-22H,4,14-16H2,1-3H3;(H,6,7)/t20-,21+,22-,27-;/m1./s1. The second-order valence-electron chi connectivity index (χ2n) is 10.1. The van der Waals surface area contributed by atoms with Crippen LogP contribution in [0.3, 0.4) is 0 Å². The number of methoxy groups -OCH3 is 1. The first kappa shape index (κ1) is 31.1. The van der Waals surface area contributed by atoms with Gasteiger partial charge in [-0.2, -0.15) is 13.2 Å². The smallest absolute Gasteiger partial charge is 0.475 e. The predicted octanol–water partition coefficient (Wildman–Crippen LogP) is 3.69. The van der Waals surface area contributed by atoms with Crippen LogP contribution >= 0.6 is 11.8 Å². The zero-order valence-electron chi connectivity index (χ0n) is 23.1. The zero-order valence-corrected chi connectivity index (χ0v) is 23.9. The molecule has 0 bridgehead atoms. The number of aliphatic imine (C=N–C) groups is 1. The van der Waals surface area contributed by atoms with Gasteiger partial charge in [0.15, 0.2) is 10.7 Å². The van der Waals surface area contributed by atoms with Crippen LogP contribution in [0.5, 0.6) is 0 Å². The number of carbonyl (C=O) groups is 4. The van der Waals surface area contributed by atoms with Gasteiger partial charge in [0.1, 0.15) is 0 Å². The van der Waals surface area contributed by atoms with E-state index >= 15 is 0 Å². The third-order valence-corrected chi connectivity index (χ3v) is 8.72. The van der Waals surface area contributed by atoms with E-state index in [0.29, 0.717) is 17.5 Å². The number of hydrogen-bond donors (Lipinski definition) is 1. The minimum atomic E-state index is -5.08. The lowest BCUT2D eigenvalue weighted by molar-refractivity contribution is -0.192. The van der Waals surface area contributed by atoms with Gasteiger partial charge in [0, 0.05) is 18.7 Å². The van der Waals surface area contributed by atoms with E-state index in [0.717, 1.165) is 11.1 Å². The van der Waals surface area contributed by atoms with Gasteiger partial charge in [0.2, 0.25) is 11.8 Å². The van der Waals surface area contributed by atoms with Gasteiger partial charge in [-0.15, -0.1) is 0 Å². The number of aryl methyl sites for hydroxylation is 1. The van der Waals surface area contributed by atoms with Crippen molar-refractivity contribution in [3.05, 3.63) is 71.3 Å². The van der Waals surface area contributed by atoms with Crippen LogP contribution < -0.4 is 0 Å². The normalized spacial score (nSPS) is 24.5. The molecule has 3 aliphatic rings. The fraction of sp³-hybridized carbons (Fsp3) is 0.414. The van der Waals surface area contributed by atoms with Crippen LogP contribution in [0.25, 0.3) is 0 Å². The highest BCUT2D eigenvalue weighted by atomic mass is 32.2. The maximum absolute atomic E-state index is 13.7. The van der Waals surface area contributed by atoms with Crippen molar-refractivity contribution in [3.8, 4) is 0 Å². The van der Waals surface area contributed by atoms with Crippen LogP contribution in [0.4, 0.5) is 13.2 Å². The molecule has 2 fully saturated rings. The summed E-state index contributed by atoms with van der Waals surface area (Å²) in [4.78, 5) is 57.7. The van der Waals surface area contributed by atoms with E-state index in [9.17, 15) is 27.6 Å². The van der Waals surface area contributed by atoms with Crippen molar-refractivity contribution >= 4 is 40.7 Å². The summed E-state index contributed by atoms with van der Waals surface area (Å²) in [5.74, 6) is -4.51. The molecule has 9 nitrogen and oxygen atoms in total. The summed E-state index contributed by atoms with van der Waals surface area (Å²) in [6.45, 7) is 4.50. The molecule has 3 heterocycles. The largest absolute Gasteiger partial charge is 0.490 e. The van der Waals surface area contributed by atoms with E-state index < -0.39 is 35.5 Å². The summed E-state index contributed by atoms with van der Waals surface area (Å²) in [6, 6.07) is 17.6. The first-order valence-corrected chi connectivity index (χ1v) is 14.1. The van der Waals surface area contributed by atoms with Gasteiger partial charge in [-0.05, 0) is 25.0 Å². The van der Waals surface area contributed by atoms with Crippen LogP contribution in [-0.2, 0) is 36.1 Å². The molecule has 1 N–H and O–H groups in total. The number of rotatable bonds is 6. The van der Waals surface area contributed by atoms with Gasteiger partial charge < -0.3 is 14.7 Å². The van der Waals surface area contributed by atoms with E-state index in [-0.39, 0.29) is 30.8 Å². The molecule has 2 amide bonds. The maximum atomic E-state index is 13.7. The summed E-state index contributed by atoms with van der Waals surface area (Å²) in [7, 11) is 1.35. The second-order valence-corrected chi connectivity index (χ2v) is 11.1. The zero-order chi connectivity index (χ0) is 30.8. The topological polar surface area (TPSA) is 117 Å². The van der Waals surface area contributed by atoms with E-state index in [1.165, 1.54) is 29.3 Å². The summed E-state index contributed by atoms with van der Waals surface area (Å²) < 4.78 is 37.1. The summed E-state index contributed by atoms with van der Waals surface area (Å²) >= 11 is 1.54. The number of esters is 1. The van der Waals surface area contributed by atoms with Crippen molar-refractivity contribution in [3.63, 3.8) is 0 Å². The highest BCUT2D eigenvalue weighted by Crippen LogP contribution is 2.53. The number of likely N-dealkylation sites (tertiary alicyclic amines) is 1. The summed E-state index contributed by atoms with van der Waals surface area (Å²) in [6.07, 6.45) is -4.82. The molecule has 13 heteroatoms. The van der Waals surface area contributed by atoms with E-state index in [4.69, 9.17) is 19.6 Å². The minimum absolute atomic E-state index is 0.212. The van der Waals surface area contributed by atoms with Gasteiger partial charge in [0.25, 0.3) is 0 Å². The second kappa shape index (κ2) is 12.2. The van der Waals surface area contributed by atoms with E-state index in [1.54, 1.807) is 6.92 Å². The Morgan fingerprint density at radius 3 is 2.24 bits per heavy atom. The third-order valence-electron chi connectivity index (χ3n) is 7.66. The number of halogens is 3. The number of imide groups is 1. The van der Waals surface area contributed by atoms with Crippen molar-refractivity contribution in [1.82, 2.24) is 9.80 Å². The Morgan fingerprint density at radius 1 is 1.07 bits per heavy atom. The lowest BCUT2D eigenvalue weighted by Gasteiger charge is -2.40. The van der Waals surface area contributed by atoms with Crippen molar-refractivity contribution in [1.29, 1.82) is 0 Å². The molecule has 4 atom stereocenters. The summed E-state index contributed by atoms with van der Waals surface area (Å²) in [5.41, 5.74) is 1.90. The fourth-order valence-corrected chi connectivity index (χ4v) is 6.93. The first-order chi connectivity index (χ1) is 19.9. The maximum Gasteiger partial charge on any atom is 0.490 e. The molecule has 0 spiro atoms. The SMILES string of the molecule is CCN1C(=O)[C@H]2[C@H]3CN=C(SCc4ccc(C)cc4)N3[C@@](Cc3ccccc3)(C(=O)OC)[C@H]2C1=O.O=C(O)C(F)(F)F. The highest BCUT2D eigenvalue weighted by molar-refractivity contribution is 8.13. The average Bonchev–Trinajstić information content (AvgIpc) is 3.58. The quantitative estimate of drug-likeness (QED) is 0.392. The van der Waals surface area contributed by atoms with E-state index in [2.05, 4.69) is 24.3 Å². The molecule has 2 aromatic carbocycles. The molecule has 0 aliphatic carbocycles. The third kappa shape index (κ3) is 5.61. The Hall–Kier alpha value is -3.87. The number of aliphatic carboxylic acids is 1. The lowest BCUT2D eigenvalue weighted by atomic mass is 9.76. The number of carboxylic acids is 1. The number of ether oxygens (including phenoxy) is 1. The number of thioether (sulfide) groups is 1. The number of amides is 2. The Labute approximate surface area is 244 Å². The van der Waals surface area contributed by atoms with E-state index in [1.807, 2.05) is 42.2 Å². The average molecular weight is 606 g/mol. The predicted molar refractivity (Wildman–Crippen MR) is 148 cm³/mol. The Bertz CT molecular complexity index is 1390. The number of nitrogens with zero attached hydrogens (tertiary/aromatic N) is 3. The Morgan fingerprint density at radius 2 is 1.69 bits per heavy atom. The summed E-state index contributed by atoms with van der Waals surface area (Å²) in [5, 5.41) is 7.81. The number of amidine groups is 1. The van der Waals surface area contributed by atoms with Crippen molar-refractivity contribution in [2.75, 3.05) is 20.2 Å². The molecule has 2 saturated heterocycles. The molecule has 0 unspecified atom stereocenters. The molecule has 42 heavy (non-hydrogen) atoms. The van der Waals surface area contributed by atoms with Crippen molar-refractivity contribution < 1.29 is 42.2 Å². The molecule has 224 valence electrons. The van der Waals surface area contributed by atoms with Crippen LogP contribution in [0.1, 0.15) is 23.6 Å². The molecular formula is C29H30F3N3O6S. The number of hydrogen-bond acceptors (Lipinski definition) is 8. The number of carboxylic acid groups (broad SMARTS) is 1. The highest BCUT2D eigenvalue weighted by Gasteiger charge is 2.73.